The quantitative estimate of drug-likeness (QED) is 0.830. The zero-order chi connectivity index (χ0) is 10.3. The van der Waals surface area contributed by atoms with Crippen LogP contribution in [0.5, 0.6) is 0 Å². The SMILES string of the molecule is NC1(CCc2coc3cnccc23)CC1. The molecule has 78 valence electrons. The number of furan rings is 1. The number of pyridine rings is 1. The summed E-state index contributed by atoms with van der Waals surface area (Å²) in [5, 5.41) is 1.18. The van der Waals surface area contributed by atoms with Crippen LogP contribution < -0.4 is 5.73 Å². The smallest absolute Gasteiger partial charge is 0.152 e. The Morgan fingerprint density at radius 2 is 2.33 bits per heavy atom. The fourth-order valence-corrected chi connectivity index (χ4v) is 1.93. The zero-order valence-corrected chi connectivity index (χ0v) is 8.57. The van der Waals surface area contributed by atoms with Gasteiger partial charge in [0.15, 0.2) is 5.58 Å². The number of rotatable bonds is 3. The van der Waals surface area contributed by atoms with E-state index in [0.717, 1.165) is 18.4 Å². The van der Waals surface area contributed by atoms with Crippen LogP contribution in [0.3, 0.4) is 0 Å². The van der Waals surface area contributed by atoms with E-state index in [4.69, 9.17) is 10.2 Å². The maximum absolute atomic E-state index is 6.06. The van der Waals surface area contributed by atoms with Gasteiger partial charge in [-0.15, -0.1) is 0 Å². The van der Waals surface area contributed by atoms with Gasteiger partial charge in [0, 0.05) is 17.1 Å². The fourth-order valence-electron chi connectivity index (χ4n) is 1.93. The minimum atomic E-state index is 0.122. The van der Waals surface area contributed by atoms with Crippen molar-refractivity contribution in [1.82, 2.24) is 4.98 Å². The van der Waals surface area contributed by atoms with Crippen molar-refractivity contribution >= 4 is 11.0 Å². The molecule has 0 bridgehead atoms. The molecule has 0 radical (unpaired) electrons. The highest BCUT2D eigenvalue weighted by atomic mass is 16.3. The van der Waals surface area contributed by atoms with E-state index in [1.54, 1.807) is 12.4 Å². The average Bonchev–Trinajstić information content (AvgIpc) is 2.86. The monoisotopic (exact) mass is 202 g/mol. The number of fused-ring (bicyclic) bond motifs is 1. The number of hydrogen-bond acceptors (Lipinski definition) is 3. The van der Waals surface area contributed by atoms with Crippen molar-refractivity contribution in [1.29, 1.82) is 0 Å². The lowest BCUT2D eigenvalue weighted by Crippen LogP contribution is -2.21. The van der Waals surface area contributed by atoms with Gasteiger partial charge in [0.2, 0.25) is 0 Å². The molecule has 15 heavy (non-hydrogen) atoms. The molecule has 0 amide bonds. The molecular weight excluding hydrogens is 188 g/mol. The number of aryl methyl sites for hydroxylation is 1. The molecule has 1 aliphatic carbocycles. The van der Waals surface area contributed by atoms with E-state index in [2.05, 4.69) is 4.98 Å². The minimum Gasteiger partial charge on any atom is -0.462 e. The lowest BCUT2D eigenvalue weighted by molar-refractivity contribution is 0.587. The summed E-state index contributed by atoms with van der Waals surface area (Å²) in [5.41, 5.74) is 8.31. The van der Waals surface area contributed by atoms with E-state index in [1.807, 2.05) is 12.3 Å². The molecule has 0 atom stereocenters. The molecule has 0 aromatic carbocycles. The largest absolute Gasteiger partial charge is 0.462 e. The first kappa shape index (κ1) is 8.92. The van der Waals surface area contributed by atoms with E-state index in [9.17, 15) is 0 Å². The van der Waals surface area contributed by atoms with Gasteiger partial charge in [-0.1, -0.05) is 0 Å². The number of nitrogens with two attached hydrogens (primary N) is 1. The molecule has 2 aromatic heterocycles. The summed E-state index contributed by atoms with van der Waals surface area (Å²) >= 11 is 0. The maximum atomic E-state index is 6.06. The summed E-state index contributed by atoms with van der Waals surface area (Å²) in [6.07, 6.45) is 9.80. The van der Waals surface area contributed by atoms with Gasteiger partial charge in [0.25, 0.3) is 0 Å². The topological polar surface area (TPSA) is 52.0 Å². The highest BCUT2D eigenvalue weighted by molar-refractivity contribution is 5.79. The van der Waals surface area contributed by atoms with Gasteiger partial charge in [-0.2, -0.15) is 0 Å². The van der Waals surface area contributed by atoms with Crippen LogP contribution in [0.2, 0.25) is 0 Å². The Morgan fingerprint density at radius 1 is 1.47 bits per heavy atom. The van der Waals surface area contributed by atoms with Crippen LogP contribution in [0.1, 0.15) is 24.8 Å². The third-order valence-corrected chi connectivity index (χ3v) is 3.24. The summed E-state index contributed by atoms with van der Waals surface area (Å²) < 4.78 is 5.43. The molecule has 1 saturated carbocycles. The first-order chi connectivity index (χ1) is 7.27. The molecule has 0 unspecified atom stereocenters. The highest BCUT2D eigenvalue weighted by Gasteiger charge is 2.37. The first-order valence-electron chi connectivity index (χ1n) is 5.36. The predicted octanol–water partition coefficient (Wildman–Crippen LogP) is 2.25. The highest BCUT2D eigenvalue weighted by Crippen LogP contribution is 2.37. The Kier molecular flexibility index (Phi) is 1.83. The molecule has 2 aromatic rings. The molecule has 0 saturated heterocycles. The minimum absolute atomic E-state index is 0.122. The number of aromatic nitrogens is 1. The lowest BCUT2D eigenvalue weighted by Gasteiger charge is -2.06. The zero-order valence-electron chi connectivity index (χ0n) is 8.57. The van der Waals surface area contributed by atoms with Crippen molar-refractivity contribution in [3.8, 4) is 0 Å². The second-order valence-corrected chi connectivity index (χ2v) is 4.50. The Morgan fingerprint density at radius 3 is 3.13 bits per heavy atom. The molecule has 1 fully saturated rings. The van der Waals surface area contributed by atoms with Crippen molar-refractivity contribution in [2.75, 3.05) is 0 Å². The van der Waals surface area contributed by atoms with Crippen molar-refractivity contribution in [3.05, 3.63) is 30.3 Å². The van der Waals surface area contributed by atoms with Crippen LogP contribution in [0.4, 0.5) is 0 Å². The molecule has 1 aliphatic rings. The van der Waals surface area contributed by atoms with Gasteiger partial charge in [0.1, 0.15) is 0 Å². The molecule has 2 heterocycles. The fraction of sp³-hybridized carbons (Fsp3) is 0.417. The molecule has 2 N–H and O–H groups in total. The van der Waals surface area contributed by atoms with Crippen molar-refractivity contribution in [2.24, 2.45) is 5.73 Å². The van der Waals surface area contributed by atoms with Crippen molar-refractivity contribution < 1.29 is 4.42 Å². The second-order valence-electron chi connectivity index (χ2n) is 4.50. The summed E-state index contributed by atoms with van der Waals surface area (Å²) in [5.74, 6) is 0. The van der Waals surface area contributed by atoms with Gasteiger partial charge < -0.3 is 10.2 Å². The van der Waals surface area contributed by atoms with Gasteiger partial charge in [-0.05, 0) is 37.3 Å². The standard InChI is InChI=1S/C12H14N2O/c13-12(4-5-12)3-1-9-8-15-11-7-14-6-2-10(9)11/h2,6-8H,1,3-5,13H2. The number of hydrogen-bond donors (Lipinski definition) is 1. The third kappa shape index (κ3) is 1.63. The normalized spacial score (nSPS) is 18.2. The summed E-state index contributed by atoms with van der Waals surface area (Å²) in [6, 6.07) is 2.00. The second kappa shape index (κ2) is 3.07. The van der Waals surface area contributed by atoms with Crippen LogP contribution in [-0.4, -0.2) is 10.5 Å². The van der Waals surface area contributed by atoms with E-state index in [0.29, 0.717) is 0 Å². The van der Waals surface area contributed by atoms with Crippen molar-refractivity contribution in [2.45, 2.75) is 31.2 Å². The van der Waals surface area contributed by atoms with E-state index in [-0.39, 0.29) is 5.54 Å². The Balaban J connectivity index is 1.84. The number of nitrogens with zero attached hydrogens (tertiary/aromatic N) is 1. The van der Waals surface area contributed by atoms with Crippen LogP contribution in [0.25, 0.3) is 11.0 Å². The first-order valence-corrected chi connectivity index (χ1v) is 5.36. The molecule has 0 aliphatic heterocycles. The van der Waals surface area contributed by atoms with Crippen LogP contribution >= 0.6 is 0 Å². The van der Waals surface area contributed by atoms with E-state index in [1.165, 1.54) is 23.8 Å². The average molecular weight is 202 g/mol. The summed E-state index contributed by atoms with van der Waals surface area (Å²) in [4.78, 5) is 4.03. The van der Waals surface area contributed by atoms with Crippen LogP contribution in [0.15, 0.2) is 29.1 Å². The van der Waals surface area contributed by atoms with Gasteiger partial charge >= 0.3 is 0 Å². The molecule has 3 rings (SSSR count). The summed E-state index contributed by atoms with van der Waals surface area (Å²) in [7, 11) is 0. The van der Waals surface area contributed by atoms with Gasteiger partial charge in [-0.3, -0.25) is 4.98 Å². The Labute approximate surface area is 88.3 Å². The van der Waals surface area contributed by atoms with Crippen LogP contribution in [-0.2, 0) is 6.42 Å². The molecule has 0 spiro atoms. The van der Waals surface area contributed by atoms with Gasteiger partial charge in [0.05, 0.1) is 12.5 Å². The summed E-state index contributed by atoms with van der Waals surface area (Å²) in [6.45, 7) is 0. The van der Waals surface area contributed by atoms with E-state index < -0.39 is 0 Å². The lowest BCUT2D eigenvalue weighted by atomic mass is 10.0. The third-order valence-electron chi connectivity index (χ3n) is 3.24. The molecule has 3 nitrogen and oxygen atoms in total. The van der Waals surface area contributed by atoms with E-state index >= 15 is 0 Å². The molecular formula is C12H14N2O. The van der Waals surface area contributed by atoms with Gasteiger partial charge in [-0.25, -0.2) is 0 Å². The maximum Gasteiger partial charge on any atom is 0.152 e. The van der Waals surface area contributed by atoms with Crippen molar-refractivity contribution in [3.63, 3.8) is 0 Å². The molecule has 3 heteroatoms. The Bertz CT molecular complexity index is 485. The predicted molar refractivity (Wildman–Crippen MR) is 58.5 cm³/mol. The Hall–Kier alpha value is -1.35. The van der Waals surface area contributed by atoms with Crippen LogP contribution in [0, 0.1) is 0 Å².